The topological polar surface area (TPSA) is 53.4 Å². The van der Waals surface area contributed by atoms with Crippen molar-refractivity contribution in [2.75, 3.05) is 13.6 Å². The highest BCUT2D eigenvalue weighted by atomic mass is 79.9. The van der Waals surface area contributed by atoms with E-state index in [1.54, 1.807) is 0 Å². The molecule has 98 valence electrons. The first-order valence-electron chi connectivity index (χ1n) is 6.09. The third-order valence-corrected chi connectivity index (χ3v) is 4.00. The minimum Gasteiger partial charge on any atom is -0.478 e. The molecule has 1 aromatic heterocycles. The Morgan fingerprint density at radius 3 is 3.00 bits per heavy atom. The minimum absolute atomic E-state index is 0.402. The van der Waals surface area contributed by atoms with Crippen LogP contribution >= 0.6 is 15.9 Å². The van der Waals surface area contributed by atoms with E-state index in [1.165, 1.54) is 0 Å². The monoisotopic (exact) mass is 320 g/mol. The number of hydrogen-bond acceptors (Lipinski definition) is 3. The van der Waals surface area contributed by atoms with E-state index < -0.39 is 5.97 Å². The van der Waals surface area contributed by atoms with Gasteiger partial charge in [-0.25, -0.2) is 4.79 Å². The Labute approximate surface area is 119 Å². The lowest BCUT2D eigenvalue weighted by atomic mass is 9.96. The van der Waals surface area contributed by atoms with Gasteiger partial charge in [-0.2, -0.15) is 0 Å². The summed E-state index contributed by atoms with van der Waals surface area (Å²) in [6.45, 7) is 1.56. The number of benzene rings is 1. The van der Waals surface area contributed by atoms with Gasteiger partial charge in [0, 0.05) is 40.6 Å². The fourth-order valence-electron chi connectivity index (χ4n) is 2.60. The molecule has 0 saturated carbocycles. The molecule has 0 atom stereocenters. The third kappa shape index (κ3) is 2.13. The summed E-state index contributed by atoms with van der Waals surface area (Å²) < 4.78 is 0.914. The van der Waals surface area contributed by atoms with Crippen molar-refractivity contribution in [2.24, 2.45) is 0 Å². The molecule has 0 unspecified atom stereocenters. The van der Waals surface area contributed by atoms with Crippen LogP contribution in [0.1, 0.15) is 21.6 Å². The van der Waals surface area contributed by atoms with E-state index in [-0.39, 0.29) is 0 Å². The van der Waals surface area contributed by atoms with Gasteiger partial charge in [-0.3, -0.25) is 4.98 Å². The molecule has 3 rings (SSSR count). The zero-order valence-electron chi connectivity index (χ0n) is 10.5. The molecule has 0 radical (unpaired) electrons. The third-order valence-electron chi connectivity index (χ3n) is 3.51. The Hall–Kier alpha value is -1.46. The van der Waals surface area contributed by atoms with Crippen molar-refractivity contribution in [3.05, 3.63) is 39.5 Å². The SMILES string of the molecule is CN1CCc2nc3cc(Br)ccc3c(C(=O)O)c2C1. The number of rotatable bonds is 1. The average molecular weight is 321 g/mol. The molecule has 0 saturated heterocycles. The second-order valence-corrected chi connectivity index (χ2v) is 5.78. The average Bonchev–Trinajstić information content (AvgIpc) is 2.35. The van der Waals surface area contributed by atoms with Crippen LogP contribution in [0.3, 0.4) is 0 Å². The number of nitrogens with zero attached hydrogens (tertiary/aromatic N) is 2. The number of carboxylic acids is 1. The quantitative estimate of drug-likeness (QED) is 0.877. The summed E-state index contributed by atoms with van der Waals surface area (Å²) in [5.74, 6) is -0.874. The number of hydrogen-bond donors (Lipinski definition) is 1. The zero-order valence-corrected chi connectivity index (χ0v) is 12.1. The molecule has 0 fully saturated rings. The number of halogens is 1. The Morgan fingerprint density at radius 2 is 2.26 bits per heavy atom. The van der Waals surface area contributed by atoms with Crippen molar-refractivity contribution in [3.63, 3.8) is 0 Å². The number of likely N-dealkylation sites (N-methyl/N-ethyl adjacent to an activating group) is 1. The predicted octanol–water partition coefficient (Wildman–Crippen LogP) is 2.68. The van der Waals surface area contributed by atoms with Gasteiger partial charge in [-0.05, 0) is 19.2 Å². The van der Waals surface area contributed by atoms with Crippen molar-refractivity contribution < 1.29 is 9.90 Å². The summed E-state index contributed by atoms with van der Waals surface area (Å²) in [5, 5.41) is 10.2. The summed E-state index contributed by atoms with van der Waals surface area (Å²) >= 11 is 3.40. The van der Waals surface area contributed by atoms with Crippen LogP contribution in [-0.2, 0) is 13.0 Å². The predicted molar refractivity (Wildman–Crippen MR) is 76.4 cm³/mol. The van der Waals surface area contributed by atoms with Crippen LogP contribution in [-0.4, -0.2) is 34.6 Å². The van der Waals surface area contributed by atoms with Crippen molar-refractivity contribution in [1.29, 1.82) is 0 Å². The number of pyridine rings is 1. The van der Waals surface area contributed by atoms with Crippen molar-refractivity contribution in [1.82, 2.24) is 9.88 Å². The van der Waals surface area contributed by atoms with Crippen molar-refractivity contribution in [3.8, 4) is 0 Å². The van der Waals surface area contributed by atoms with Crippen molar-refractivity contribution >= 4 is 32.8 Å². The van der Waals surface area contributed by atoms with Gasteiger partial charge >= 0.3 is 5.97 Å². The molecule has 0 bridgehead atoms. The molecule has 1 N–H and O–H groups in total. The molecular formula is C14H13BrN2O2. The lowest BCUT2D eigenvalue weighted by Gasteiger charge is -2.26. The van der Waals surface area contributed by atoms with Gasteiger partial charge in [0.1, 0.15) is 0 Å². The first kappa shape index (κ1) is 12.6. The molecule has 0 aliphatic carbocycles. The second-order valence-electron chi connectivity index (χ2n) is 4.87. The van der Waals surface area contributed by atoms with E-state index in [4.69, 9.17) is 0 Å². The fourth-order valence-corrected chi connectivity index (χ4v) is 2.94. The van der Waals surface area contributed by atoms with Gasteiger partial charge in [0.2, 0.25) is 0 Å². The maximum atomic E-state index is 11.6. The second kappa shape index (κ2) is 4.58. The Balaban J connectivity index is 2.36. The Bertz CT molecular complexity index is 685. The molecule has 1 aliphatic rings. The van der Waals surface area contributed by atoms with Crippen LogP contribution in [0.4, 0.5) is 0 Å². The van der Waals surface area contributed by atoms with Crippen LogP contribution in [0.2, 0.25) is 0 Å². The van der Waals surface area contributed by atoms with Crippen LogP contribution in [0, 0.1) is 0 Å². The van der Waals surface area contributed by atoms with Crippen molar-refractivity contribution in [2.45, 2.75) is 13.0 Å². The van der Waals surface area contributed by atoms with Crippen LogP contribution in [0.5, 0.6) is 0 Å². The van der Waals surface area contributed by atoms with Crippen LogP contribution < -0.4 is 0 Å². The van der Waals surface area contributed by atoms with Gasteiger partial charge in [-0.1, -0.05) is 22.0 Å². The Kier molecular flexibility index (Phi) is 3.03. The van der Waals surface area contributed by atoms with Gasteiger partial charge in [0.15, 0.2) is 0 Å². The number of aromatic nitrogens is 1. The summed E-state index contributed by atoms with van der Waals surface area (Å²) in [6, 6.07) is 5.56. The summed E-state index contributed by atoms with van der Waals surface area (Å²) in [5.41, 5.74) is 2.92. The summed E-state index contributed by atoms with van der Waals surface area (Å²) in [6.07, 6.45) is 0.800. The highest BCUT2D eigenvalue weighted by Crippen LogP contribution is 2.29. The van der Waals surface area contributed by atoms with E-state index in [1.807, 2.05) is 25.2 Å². The molecule has 5 heteroatoms. The van der Waals surface area contributed by atoms with Crippen LogP contribution in [0.25, 0.3) is 10.9 Å². The van der Waals surface area contributed by atoms with E-state index in [0.29, 0.717) is 17.5 Å². The molecule has 2 aromatic rings. The maximum Gasteiger partial charge on any atom is 0.336 e. The smallest absolute Gasteiger partial charge is 0.336 e. The largest absolute Gasteiger partial charge is 0.478 e. The summed E-state index contributed by atoms with van der Waals surface area (Å²) in [4.78, 5) is 18.4. The first-order chi connectivity index (χ1) is 9.06. The van der Waals surface area contributed by atoms with Crippen LogP contribution in [0.15, 0.2) is 22.7 Å². The van der Waals surface area contributed by atoms with E-state index in [0.717, 1.165) is 34.2 Å². The molecule has 1 aromatic carbocycles. The molecular weight excluding hydrogens is 308 g/mol. The van der Waals surface area contributed by atoms with Gasteiger partial charge < -0.3 is 10.0 Å². The standard InChI is InChI=1S/C14H13BrN2O2/c1-17-5-4-11-10(7-17)13(14(18)19)9-3-2-8(15)6-12(9)16-11/h2-3,6H,4-5,7H2,1H3,(H,18,19). The number of aromatic carboxylic acids is 1. The summed E-state index contributed by atoms with van der Waals surface area (Å²) in [7, 11) is 2.00. The number of carbonyl (C=O) groups is 1. The highest BCUT2D eigenvalue weighted by molar-refractivity contribution is 9.10. The highest BCUT2D eigenvalue weighted by Gasteiger charge is 2.24. The lowest BCUT2D eigenvalue weighted by molar-refractivity contribution is 0.0696. The van der Waals surface area contributed by atoms with Gasteiger partial charge in [0.25, 0.3) is 0 Å². The minimum atomic E-state index is -0.874. The molecule has 2 heterocycles. The fraction of sp³-hybridized carbons (Fsp3) is 0.286. The number of carboxylic acid groups (broad SMARTS) is 1. The molecule has 0 spiro atoms. The number of fused-ring (bicyclic) bond motifs is 2. The van der Waals surface area contributed by atoms with Gasteiger partial charge in [-0.15, -0.1) is 0 Å². The lowest BCUT2D eigenvalue weighted by Crippen LogP contribution is -2.29. The molecule has 1 aliphatic heterocycles. The van der Waals surface area contributed by atoms with E-state index in [9.17, 15) is 9.90 Å². The van der Waals surface area contributed by atoms with E-state index in [2.05, 4.69) is 25.8 Å². The zero-order chi connectivity index (χ0) is 13.6. The maximum absolute atomic E-state index is 11.6. The molecule has 4 nitrogen and oxygen atoms in total. The normalized spacial score (nSPS) is 15.5. The van der Waals surface area contributed by atoms with E-state index >= 15 is 0 Å². The Morgan fingerprint density at radius 1 is 1.47 bits per heavy atom. The first-order valence-corrected chi connectivity index (χ1v) is 6.88. The van der Waals surface area contributed by atoms with Gasteiger partial charge in [0.05, 0.1) is 11.1 Å². The molecule has 19 heavy (non-hydrogen) atoms. The molecule has 0 amide bonds.